The van der Waals surface area contributed by atoms with E-state index in [9.17, 15) is 5.11 Å². The lowest BCUT2D eigenvalue weighted by Crippen LogP contribution is -2.19. The van der Waals surface area contributed by atoms with Crippen LogP contribution in [0.2, 0.25) is 0 Å². The Kier molecular flexibility index (Phi) is 16.3. The fourth-order valence-corrected chi connectivity index (χ4v) is 4.79. The van der Waals surface area contributed by atoms with Gasteiger partial charge in [0.2, 0.25) is 0 Å². The molecule has 0 unspecified atom stereocenters. The Balaban J connectivity index is 1.87. The van der Waals surface area contributed by atoms with Crippen LogP contribution in [-0.4, -0.2) is 76.3 Å². The molecule has 0 radical (unpaired) electrons. The van der Waals surface area contributed by atoms with Crippen LogP contribution in [0.25, 0.3) is 0 Å². The van der Waals surface area contributed by atoms with Crippen molar-refractivity contribution in [3.8, 4) is 11.5 Å². The predicted octanol–water partition coefficient (Wildman–Crippen LogP) is 5.58. The Hall–Kier alpha value is -1.90. The first-order valence-corrected chi connectivity index (χ1v) is 14.2. The first-order chi connectivity index (χ1) is 18.5. The lowest BCUT2D eigenvalue weighted by Gasteiger charge is -2.32. The first-order valence-electron chi connectivity index (χ1n) is 14.2. The number of aryl methyl sites for hydroxylation is 1. The Morgan fingerprint density at radius 2 is 1.53 bits per heavy atom. The van der Waals surface area contributed by atoms with Gasteiger partial charge in [0.1, 0.15) is 18.1 Å². The van der Waals surface area contributed by atoms with E-state index in [1.54, 1.807) is 0 Å². The van der Waals surface area contributed by atoms with Gasteiger partial charge in [-0.05, 0) is 63.1 Å². The fraction of sp³-hybridized carbons (Fsp3) is 0.677. The summed E-state index contributed by atoms with van der Waals surface area (Å²) in [5, 5.41) is 19.8. The zero-order valence-electron chi connectivity index (χ0n) is 23.8. The Morgan fingerprint density at radius 3 is 2.11 bits per heavy atom. The largest absolute Gasteiger partial charge is 0.507 e. The van der Waals surface area contributed by atoms with E-state index in [1.807, 2.05) is 6.07 Å². The van der Waals surface area contributed by atoms with E-state index in [0.29, 0.717) is 65.2 Å². The smallest absolute Gasteiger partial charge is 0.127 e. The van der Waals surface area contributed by atoms with Gasteiger partial charge >= 0.3 is 0 Å². The molecule has 0 amide bonds. The lowest BCUT2D eigenvalue weighted by molar-refractivity contribution is -0.00783. The van der Waals surface area contributed by atoms with Gasteiger partial charge in [0, 0.05) is 11.5 Å². The molecule has 0 aromatic heterocycles. The summed E-state index contributed by atoms with van der Waals surface area (Å²) >= 11 is 0. The summed E-state index contributed by atoms with van der Waals surface area (Å²) in [6.45, 7) is 14.8. The summed E-state index contributed by atoms with van der Waals surface area (Å²) in [6, 6.07) is 4.03. The molecule has 0 saturated carbocycles. The molecule has 7 nitrogen and oxygen atoms in total. The van der Waals surface area contributed by atoms with E-state index in [1.165, 1.54) is 12.0 Å². The molecule has 1 aromatic rings. The third-order valence-electron chi connectivity index (χ3n) is 6.80. The van der Waals surface area contributed by atoms with Crippen LogP contribution in [0, 0.1) is 5.92 Å². The van der Waals surface area contributed by atoms with Gasteiger partial charge in [-0.3, -0.25) is 0 Å². The van der Waals surface area contributed by atoms with Crippen molar-refractivity contribution in [3.05, 3.63) is 47.1 Å². The topological polar surface area (TPSA) is 86.6 Å². The van der Waals surface area contributed by atoms with Crippen molar-refractivity contribution >= 4 is 0 Å². The normalized spacial score (nSPS) is 17.4. The zero-order chi connectivity index (χ0) is 27.6. The molecule has 0 fully saturated rings. The highest BCUT2D eigenvalue weighted by molar-refractivity contribution is 5.52. The number of hydrogen-bond acceptors (Lipinski definition) is 7. The van der Waals surface area contributed by atoms with Crippen LogP contribution in [0.15, 0.2) is 35.9 Å². The zero-order valence-corrected chi connectivity index (χ0v) is 23.8. The molecule has 2 N–H and O–H groups in total. The summed E-state index contributed by atoms with van der Waals surface area (Å²) in [5.41, 5.74) is 4.45. The first kappa shape index (κ1) is 32.3. The molecule has 216 valence electrons. The number of ether oxygens (including phenoxy) is 5. The standard InChI is InChI=1S/C31H50O7/c1-5-6-7-8-26-22-29(33)31(28-21-25(4)9-10-27(28)24(2)3)30(23-26)38-20-19-37-18-17-36-16-15-35-14-13-34-12-11-32/h21-23,27-28,32-33H,2,5-20H2,1,3-4H3/t27-,28+/m0/s1. The van der Waals surface area contributed by atoms with Gasteiger partial charge in [0.15, 0.2) is 0 Å². The number of aliphatic hydroxyl groups is 1. The molecule has 38 heavy (non-hydrogen) atoms. The Morgan fingerprint density at radius 1 is 0.921 bits per heavy atom. The van der Waals surface area contributed by atoms with Crippen molar-refractivity contribution in [1.29, 1.82) is 0 Å². The number of rotatable bonds is 21. The van der Waals surface area contributed by atoms with Gasteiger partial charge in [-0.25, -0.2) is 0 Å². The Bertz CT molecular complexity index is 836. The minimum absolute atomic E-state index is 0.0241. The van der Waals surface area contributed by atoms with Crippen molar-refractivity contribution in [1.82, 2.24) is 0 Å². The molecule has 7 heteroatoms. The third kappa shape index (κ3) is 11.9. The van der Waals surface area contributed by atoms with Crippen molar-refractivity contribution in [2.45, 2.75) is 65.2 Å². The van der Waals surface area contributed by atoms with Crippen LogP contribution in [0.3, 0.4) is 0 Å². The minimum Gasteiger partial charge on any atom is -0.507 e. The summed E-state index contributed by atoms with van der Waals surface area (Å²) in [4.78, 5) is 0. The molecule has 1 aromatic carbocycles. The molecular formula is C31H50O7. The van der Waals surface area contributed by atoms with Crippen LogP contribution in [-0.2, 0) is 25.4 Å². The van der Waals surface area contributed by atoms with Crippen molar-refractivity contribution in [3.63, 3.8) is 0 Å². The molecule has 2 atom stereocenters. The van der Waals surface area contributed by atoms with Gasteiger partial charge in [0.25, 0.3) is 0 Å². The summed E-state index contributed by atoms with van der Waals surface area (Å²) in [6.07, 6.45) is 8.72. The van der Waals surface area contributed by atoms with Gasteiger partial charge in [-0.15, -0.1) is 0 Å². The monoisotopic (exact) mass is 534 g/mol. The van der Waals surface area contributed by atoms with Gasteiger partial charge in [-0.2, -0.15) is 0 Å². The van der Waals surface area contributed by atoms with Crippen LogP contribution in [0.4, 0.5) is 0 Å². The molecule has 1 aliphatic carbocycles. The number of aromatic hydroxyl groups is 1. The third-order valence-corrected chi connectivity index (χ3v) is 6.80. The van der Waals surface area contributed by atoms with E-state index in [2.05, 4.69) is 39.5 Å². The number of phenols is 1. The summed E-state index contributed by atoms with van der Waals surface area (Å²) < 4.78 is 28.0. The number of unbranched alkanes of at least 4 members (excludes halogenated alkanes) is 2. The number of benzene rings is 1. The second kappa shape index (κ2) is 19.2. The highest BCUT2D eigenvalue weighted by atomic mass is 16.6. The van der Waals surface area contributed by atoms with Gasteiger partial charge in [0.05, 0.1) is 59.5 Å². The number of phenolic OH excluding ortho intramolecular Hbond substituents is 1. The van der Waals surface area contributed by atoms with E-state index in [4.69, 9.17) is 28.8 Å². The van der Waals surface area contributed by atoms with Gasteiger partial charge in [-0.1, -0.05) is 43.6 Å². The molecule has 1 aliphatic rings. The summed E-state index contributed by atoms with van der Waals surface area (Å²) in [5.74, 6) is 1.40. The average Bonchev–Trinajstić information content (AvgIpc) is 2.88. The SMILES string of the molecule is C=C(C)[C@@H]1CCC(C)=C[C@H]1c1c(O)cc(CCCCC)cc1OCCOCCOCCOCCOCCO. The molecule has 2 rings (SSSR count). The molecule has 0 bridgehead atoms. The van der Waals surface area contributed by atoms with Gasteiger partial charge < -0.3 is 33.9 Å². The minimum atomic E-state index is 0.0241. The van der Waals surface area contributed by atoms with Crippen LogP contribution in [0.1, 0.15) is 69.9 Å². The number of allylic oxidation sites excluding steroid dienone is 3. The van der Waals surface area contributed by atoms with Crippen LogP contribution >= 0.6 is 0 Å². The highest BCUT2D eigenvalue weighted by Crippen LogP contribution is 2.47. The second-order valence-electron chi connectivity index (χ2n) is 10.0. The second-order valence-corrected chi connectivity index (χ2v) is 10.0. The maximum atomic E-state index is 11.2. The quantitative estimate of drug-likeness (QED) is 0.157. The van der Waals surface area contributed by atoms with E-state index >= 15 is 0 Å². The van der Waals surface area contributed by atoms with Crippen LogP contribution < -0.4 is 4.74 Å². The molecule has 0 heterocycles. The van der Waals surface area contributed by atoms with E-state index < -0.39 is 0 Å². The highest BCUT2D eigenvalue weighted by Gasteiger charge is 2.30. The molecule has 0 saturated heterocycles. The Labute approximate surface area is 229 Å². The molecule has 0 spiro atoms. The number of hydrogen-bond donors (Lipinski definition) is 2. The van der Waals surface area contributed by atoms with Crippen LogP contribution in [0.5, 0.6) is 11.5 Å². The average molecular weight is 535 g/mol. The van der Waals surface area contributed by atoms with E-state index in [-0.39, 0.29) is 18.4 Å². The number of aliphatic hydroxyl groups excluding tert-OH is 1. The van der Waals surface area contributed by atoms with Crippen molar-refractivity contribution in [2.75, 3.05) is 66.1 Å². The fourth-order valence-electron chi connectivity index (χ4n) is 4.79. The maximum absolute atomic E-state index is 11.2. The summed E-state index contributed by atoms with van der Waals surface area (Å²) in [7, 11) is 0. The molecule has 0 aliphatic heterocycles. The maximum Gasteiger partial charge on any atom is 0.127 e. The van der Waals surface area contributed by atoms with E-state index in [0.717, 1.165) is 54.6 Å². The molecular weight excluding hydrogens is 484 g/mol. The van der Waals surface area contributed by atoms with Crippen molar-refractivity contribution < 1.29 is 33.9 Å². The lowest BCUT2D eigenvalue weighted by atomic mass is 9.73. The predicted molar refractivity (Wildman–Crippen MR) is 151 cm³/mol. The van der Waals surface area contributed by atoms with Crippen molar-refractivity contribution in [2.24, 2.45) is 5.92 Å².